The largest absolute Gasteiger partial charge is 0.494 e. The predicted molar refractivity (Wildman–Crippen MR) is 174 cm³/mol. The van der Waals surface area contributed by atoms with Gasteiger partial charge in [0.2, 0.25) is 5.78 Å². The van der Waals surface area contributed by atoms with E-state index < -0.39 is 23.6 Å². The van der Waals surface area contributed by atoms with Crippen molar-refractivity contribution in [1.82, 2.24) is 15.0 Å². The quantitative estimate of drug-likeness (QED) is 0.104. The molecule has 0 saturated carbocycles. The number of rotatable bonds is 11. The van der Waals surface area contributed by atoms with E-state index in [-0.39, 0.29) is 30.2 Å². The van der Waals surface area contributed by atoms with E-state index in [4.69, 9.17) is 9.73 Å². The van der Waals surface area contributed by atoms with Crippen molar-refractivity contribution in [2.75, 3.05) is 7.11 Å². The van der Waals surface area contributed by atoms with Gasteiger partial charge in [-0.3, -0.25) is 19.4 Å². The summed E-state index contributed by atoms with van der Waals surface area (Å²) in [4.78, 5) is 65.0. The summed E-state index contributed by atoms with van der Waals surface area (Å²) in [5, 5.41) is 19.9. The van der Waals surface area contributed by atoms with E-state index in [0.717, 1.165) is 34.4 Å². The minimum atomic E-state index is -0.976. The third kappa shape index (κ3) is 5.15. The Morgan fingerprint density at radius 3 is 2.37 bits per heavy atom. The lowest BCUT2D eigenvalue weighted by Crippen LogP contribution is -2.22. The number of ether oxygens (including phenoxy) is 1. The van der Waals surface area contributed by atoms with Gasteiger partial charge in [0, 0.05) is 58.6 Å². The molecule has 0 unspecified atom stereocenters. The normalized spacial score (nSPS) is 18.3. The number of aromatic hydroxyl groups is 1. The Balaban J connectivity index is 1.69. The van der Waals surface area contributed by atoms with Gasteiger partial charge in [0.05, 0.1) is 29.8 Å². The lowest BCUT2D eigenvalue weighted by Gasteiger charge is -2.19. The van der Waals surface area contributed by atoms with Crippen LogP contribution in [0.1, 0.15) is 98.1 Å². The summed E-state index contributed by atoms with van der Waals surface area (Å²) >= 11 is 0. The number of aromatic amines is 3. The van der Waals surface area contributed by atoms with Crippen LogP contribution in [0.4, 0.5) is 0 Å². The predicted octanol–water partition coefficient (Wildman–Crippen LogP) is 5.65. The van der Waals surface area contributed by atoms with E-state index in [9.17, 15) is 29.4 Å². The number of fused-ring (bicyclic) bond motifs is 1. The lowest BCUT2D eigenvalue weighted by atomic mass is 9.82. The fourth-order valence-corrected chi connectivity index (χ4v) is 6.85. The van der Waals surface area contributed by atoms with Crippen LogP contribution >= 0.6 is 0 Å². The zero-order valence-corrected chi connectivity index (χ0v) is 26.8. The third-order valence-electron chi connectivity index (χ3n) is 9.44. The van der Waals surface area contributed by atoms with Gasteiger partial charge in [-0.15, -0.1) is 0 Å². The van der Waals surface area contributed by atoms with Gasteiger partial charge >= 0.3 is 11.9 Å². The van der Waals surface area contributed by atoms with Crippen LogP contribution in [0.15, 0.2) is 22.8 Å². The van der Waals surface area contributed by atoms with Crippen LogP contribution in [-0.4, -0.2) is 62.0 Å². The maximum Gasteiger partial charge on any atom is 0.342 e. The van der Waals surface area contributed by atoms with Crippen molar-refractivity contribution >= 4 is 47.4 Å². The molecule has 0 fully saturated rings. The molecule has 5 rings (SSSR count). The van der Waals surface area contributed by atoms with E-state index in [0.29, 0.717) is 63.6 Å². The number of aldehydes is 1. The van der Waals surface area contributed by atoms with Crippen LogP contribution < -0.4 is 0 Å². The van der Waals surface area contributed by atoms with E-state index >= 15 is 0 Å². The first-order chi connectivity index (χ1) is 21.9. The fraction of sp³-hybridized carbons (Fsp3) is 0.343. The molecule has 0 bridgehead atoms. The molecule has 0 radical (unpaired) electrons. The number of carbonyl (C=O) groups excluding carboxylic acids is 3. The SMILES string of the molecule is C=Cc1c(O)[nH]c(C=C2N=C(C3=C(C(=O)OC)C(=O)c4c3[nH]c(Cc3[nH]c(C=O)c(C)c3CC)c4C)[C@@H](CCC(=O)O)[C@@H]2C)c1C. The number of carboxylic acids is 1. The van der Waals surface area contributed by atoms with Gasteiger partial charge in [-0.2, -0.15) is 0 Å². The number of nitrogens with zero attached hydrogens (tertiary/aromatic N) is 1. The highest BCUT2D eigenvalue weighted by Gasteiger charge is 2.45. The van der Waals surface area contributed by atoms with Gasteiger partial charge in [-0.1, -0.05) is 26.5 Å². The molecule has 5 N–H and O–H groups in total. The number of methoxy groups -OCH3 is 1. The van der Waals surface area contributed by atoms with E-state index in [1.165, 1.54) is 7.11 Å². The Morgan fingerprint density at radius 2 is 1.78 bits per heavy atom. The molecule has 0 saturated heterocycles. The molecule has 0 spiro atoms. The van der Waals surface area contributed by atoms with E-state index in [1.807, 2.05) is 34.6 Å². The third-order valence-corrected chi connectivity index (χ3v) is 9.44. The van der Waals surface area contributed by atoms with Crippen LogP contribution in [-0.2, 0) is 27.2 Å². The fourth-order valence-electron chi connectivity index (χ4n) is 6.85. The van der Waals surface area contributed by atoms with Crippen molar-refractivity contribution in [2.45, 2.75) is 60.3 Å². The molecule has 1 aliphatic carbocycles. The number of Topliss-reactive ketones (excluding diaryl/α,β-unsaturated/α-hetero) is 1. The number of carbonyl (C=O) groups is 4. The number of allylic oxidation sites excluding steroid dienone is 2. The molecule has 11 nitrogen and oxygen atoms in total. The van der Waals surface area contributed by atoms with Crippen LogP contribution in [0.3, 0.4) is 0 Å². The monoisotopic (exact) mass is 626 g/mol. The lowest BCUT2D eigenvalue weighted by molar-refractivity contribution is -0.137. The smallest absolute Gasteiger partial charge is 0.342 e. The summed E-state index contributed by atoms with van der Waals surface area (Å²) in [6.07, 6.45) is 5.30. The highest BCUT2D eigenvalue weighted by Crippen LogP contribution is 2.46. The molecular formula is C35H38N4O7. The van der Waals surface area contributed by atoms with Crippen molar-refractivity contribution in [3.8, 4) is 5.88 Å². The van der Waals surface area contributed by atoms with Gasteiger partial charge in [0.1, 0.15) is 5.57 Å². The van der Waals surface area contributed by atoms with Crippen LogP contribution in [0.2, 0.25) is 0 Å². The molecule has 4 heterocycles. The van der Waals surface area contributed by atoms with Crippen LogP contribution in [0.5, 0.6) is 5.88 Å². The van der Waals surface area contributed by atoms with Crippen molar-refractivity contribution in [1.29, 1.82) is 0 Å². The van der Waals surface area contributed by atoms with Crippen molar-refractivity contribution in [2.24, 2.45) is 16.8 Å². The summed E-state index contributed by atoms with van der Waals surface area (Å²) in [5.74, 6) is -3.04. The second-order valence-electron chi connectivity index (χ2n) is 11.8. The first kappa shape index (κ1) is 32.2. The topological polar surface area (TPSA) is 178 Å². The zero-order chi connectivity index (χ0) is 33.6. The Morgan fingerprint density at radius 1 is 1.07 bits per heavy atom. The summed E-state index contributed by atoms with van der Waals surface area (Å²) in [7, 11) is 1.21. The molecule has 2 atom stereocenters. The summed E-state index contributed by atoms with van der Waals surface area (Å²) < 4.78 is 5.07. The maximum atomic E-state index is 14.0. The molecule has 2 aliphatic rings. The second kappa shape index (κ2) is 12.3. The molecule has 0 amide bonds. The molecule has 0 aromatic carbocycles. The minimum absolute atomic E-state index is 0.0310. The molecule has 3 aromatic heterocycles. The number of carboxylic acid groups (broad SMARTS) is 1. The van der Waals surface area contributed by atoms with E-state index in [2.05, 4.69) is 21.5 Å². The number of hydrogen-bond acceptors (Lipinski definition) is 7. The van der Waals surface area contributed by atoms with Crippen molar-refractivity contribution in [3.05, 3.63) is 79.7 Å². The summed E-state index contributed by atoms with van der Waals surface area (Å²) in [5.41, 5.74) is 8.57. The highest BCUT2D eigenvalue weighted by atomic mass is 16.5. The standard InChI is InChI=1S/C35H38N4O7/c1-8-19-15(3)26(14-40)36-25(19)13-24-18(6)28-32(38-24)29(30(33(28)43)35(45)46-7)31-21(10-11-27(41)42)17(5)22(37-31)12-23-16(4)20(9-2)34(44)39-23/h9,12,14,17,21,36,38-39,44H,2,8,10-11,13H2,1,3-7H3,(H,41,42)/t17-,21-/m0/s1. The Labute approximate surface area is 266 Å². The molecule has 11 heteroatoms. The van der Waals surface area contributed by atoms with Gasteiger partial charge in [-0.25, -0.2) is 4.79 Å². The summed E-state index contributed by atoms with van der Waals surface area (Å²) in [6, 6.07) is 0. The number of hydrogen-bond donors (Lipinski definition) is 5. The average molecular weight is 627 g/mol. The second-order valence-corrected chi connectivity index (χ2v) is 11.8. The highest BCUT2D eigenvalue weighted by molar-refractivity contribution is 6.45. The number of nitrogens with one attached hydrogen (secondary N) is 3. The minimum Gasteiger partial charge on any atom is -0.494 e. The summed E-state index contributed by atoms with van der Waals surface area (Å²) in [6.45, 7) is 13.2. The number of aliphatic imine (C=N–C) groups is 1. The van der Waals surface area contributed by atoms with Gasteiger partial charge in [-0.05, 0) is 61.9 Å². The van der Waals surface area contributed by atoms with Crippen LogP contribution in [0.25, 0.3) is 17.7 Å². The number of esters is 1. The maximum absolute atomic E-state index is 14.0. The zero-order valence-electron chi connectivity index (χ0n) is 26.8. The van der Waals surface area contributed by atoms with Gasteiger partial charge < -0.3 is 29.9 Å². The average Bonchev–Trinajstić information content (AvgIpc) is 3.76. The number of H-pyrrole nitrogens is 3. The van der Waals surface area contributed by atoms with Gasteiger partial charge in [0.15, 0.2) is 12.2 Å². The first-order valence-electron chi connectivity index (χ1n) is 15.2. The number of aromatic nitrogens is 3. The van der Waals surface area contributed by atoms with E-state index in [1.54, 1.807) is 12.2 Å². The number of ketones is 1. The molecule has 46 heavy (non-hydrogen) atoms. The Kier molecular flexibility index (Phi) is 8.62. The van der Waals surface area contributed by atoms with Crippen LogP contribution in [0, 0.1) is 32.6 Å². The van der Waals surface area contributed by atoms with Crippen molar-refractivity contribution in [3.63, 3.8) is 0 Å². The Bertz CT molecular complexity index is 1910. The molecule has 3 aromatic rings. The number of aliphatic carboxylic acids is 1. The molecular weight excluding hydrogens is 588 g/mol. The van der Waals surface area contributed by atoms with Crippen molar-refractivity contribution < 1.29 is 34.1 Å². The van der Waals surface area contributed by atoms with Gasteiger partial charge in [0.25, 0.3) is 0 Å². The first-order valence-corrected chi connectivity index (χ1v) is 15.2. The molecule has 1 aliphatic heterocycles. The molecule has 240 valence electrons. The Hall–Kier alpha value is -5.19.